The molecule has 0 bridgehead atoms. The molecule has 1 aromatic carbocycles. The van der Waals surface area contributed by atoms with Gasteiger partial charge in [-0.15, -0.1) is 0 Å². The van der Waals surface area contributed by atoms with Gasteiger partial charge >= 0.3 is 6.61 Å². The van der Waals surface area contributed by atoms with Crippen molar-refractivity contribution >= 4 is 22.6 Å². The van der Waals surface area contributed by atoms with Crippen LogP contribution in [0.5, 0.6) is 5.75 Å². The number of halogens is 2. The molecule has 0 radical (unpaired) electrons. The van der Waals surface area contributed by atoms with Crippen molar-refractivity contribution in [3.63, 3.8) is 0 Å². The van der Waals surface area contributed by atoms with Crippen LogP contribution in [0, 0.1) is 6.92 Å². The molecule has 0 saturated carbocycles. The maximum atomic E-state index is 12.9. The number of hydrogen-bond donors (Lipinski definition) is 2. The number of rotatable bonds is 6. The summed E-state index contributed by atoms with van der Waals surface area (Å²) in [7, 11) is 1.56. The fourth-order valence-corrected chi connectivity index (χ4v) is 3.84. The van der Waals surface area contributed by atoms with E-state index in [2.05, 4.69) is 34.8 Å². The molecule has 4 rings (SSSR count). The van der Waals surface area contributed by atoms with E-state index in [9.17, 15) is 18.4 Å². The Morgan fingerprint density at radius 3 is 2.64 bits per heavy atom. The van der Waals surface area contributed by atoms with E-state index < -0.39 is 6.61 Å². The van der Waals surface area contributed by atoms with Crippen molar-refractivity contribution in [1.29, 1.82) is 0 Å². The summed E-state index contributed by atoms with van der Waals surface area (Å²) in [5.41, 5.74) is 2.41. The number of pyridine rings is 1. The molecule has 1 amide bonds. The van der Waals surface area contributed by atoms with Crippen LogP contribution >= 0.6 is 0 Å². The summed E-state index contributed by atoms with van der Waals surface area (Å²) in [6, 6.07) is 6.86. The summed E-state index contributed by atoms with van der Waals surface area (Å²) in [5, 5.41) is 2.54. The van der Waals surface area contributed by atoms with E-state index >= 15 is 0 Å². The van der Waals surface area contributed by atoms with Crippen LogP contribution in [0.1, 0.15) is 21.7 Å². The first-order valence-corrected chi connectivity index (χ1v) is 10.5. The second-order valence-electron chi connectivity index (χ2n) is 7.76. The van der Waals surface area contributed by atoms with Crippen molar-refractivity contribution in [3.05, 3.63) is 57.8 Å². The number of nitrogens with zero attached hydrogens (tertiary/aromatic N) is 4. The second-order valence-corrected chi connectivity index (χ2v) is 7.76. The lowest BCUT2D eigenvalue weighted by molar-refractivity contribution is -0.0489. The van der Waals surface area contributed by atoms with Crippen molar-refractivity contribution < 1.29 is 18.3 Å². The molecule has 9 nitrogen and oxygen atoms in total. The van der Waals surface area contributed by atoms with E-state index in [0.29, 0.717) is 17.8 Å². The van der Waals surface area contributed by atoms with Crippen LogP contribution in [0.25, 0.3) is 11.0 Å². The first kappa shape index (κ1) is 22.6. The highest BCUT2D eigenvalue weighted by Crippen LogP contribution is 2.27. The number of aryl methyl sites for hydroxylation is 1. The number of fused-ring (bicyclic) bond motifs is 1. The summed E-state index contributed by atoms with van der Waals surface area (Å²) >= 11 is 0. The van der Waals surface area contributed by atoms with Gasteiger partial charge in [0.15, 0.2) is 5.75 Å². The zero-order valence-corrected chi connectivity index (χ0v) is 18.3. The van der Waals surface area contributed by atoms with Gasteiger partial charge in [-0.05, 0) is 36.8 Å². The molecule has 1 aliphatic heterocycles. The van der Waals surface area contributed by atoms with Gasteiger partial charge in [0.2, 0.25) is 0 Å². The van der Waals surface area contributed by atoms with Gasteiger partial charge in [-0.25, -0.2) is 9.97 Å². The number of nitrogens with one attached hydrogen (secondary N) is 2. The third-order valence-corrected chi connectivity index (χ3v) is 5.56. The van der Waals surface area contributed by atoms with Crippen molar-refractivity contribution in [2.24, 2.45) is 0 Å². The summed E-state index contributed by atoms with van der Waals surface area (Å²) in [4.78, 5) is 39.0. The number of aromatic nitrogens is 3. The smallest absolute Gasteiger partial charge is 0.387 e. The minimum Gasteiger partial charge on any atom is -0.432 e. The average Bonchev–Trinajstić information content (AvgIpc) is 2.80. The number of ether oxygens (including phenoxy) is 1. The average molecular weight is 458 g/mol. The molecule has 3 aromatic rings. The van der Waals surface area contributed by atoms with E-state index in [4.69, 9.17) is 0 Å². The number of benzene rings is 1. The molecule has 0 unspecified atom stereocenters. The Labute approximate surface area is 188 Å². The van der Waals surface area contributed by atoms with Gasteiger partial charge in [0.1, 0.15) is 16.9 Å². The van der Waals surface area contributed by atoms with Crippen LogP contribution in [-0.2, 0) is 6.54 Å². The Morgan fingerprint density at radius 1 is 1.24 bits per heavy atom. The summed E-state index contributed by atoms with van der Waals surface area (Å²) in [5.74, 6) is -0.290. The lowest BCUT2D eigenvalue weighted by atomic mass is 10.1. The predicted octanol–water partition coefficient (Wildman–Crippen LogP) is 1.91. The lowest BCUT2D eigenvalue weighted by Gasteiger charge is -2.36. The van der Waals surface area contributed by atoms with Crippen LogP contribution in [0.2, 0.25) is 0 Å². The number of carbonyl (C=O) groups is 1. The molecule has 1 aliphatic rings. The van der Waals surface area contributed by atoms with E-state index in [1.165, 1.54) is 6.92 Å². The van der Waals surface area contributed by atoms with Gasteiger partial charge in [0, 0.05) is 39.8 Å². The summed E-state index contributed by atoms with van der Waals surface area (Å²) < 4.78 is 30.6. The van der Waals surface area contributed by atoms with Crippen LogP contribution in [-0.4, -0.2) is 65.6 Å². The third-order valence-electron chi connectivity index (χ3n) is 5.56. The number of anilines is 1. The molecule has 2 aromatic heterocycles. The fourth-order valence-electron chi connectivity index (χ4n) is 3.84. The van der Waals surface area contributed by atoms with Crippen LogP contribution in [0.15, 0.2) is 35.3 Å². The van der Waals surface area contributed by atoms with Gasteiger partial charge in [-0.3, -0.25) is 14.5 Å². The van der Waals surface area contributed by atoms with E-state index in [1.54, 1.807) is 31.4 Å². The van der Waals surface area contributed by atoms with Gasteiger partial charge in [0.25, 0.3) is 11.5 Å². The Balaban J connectivity index is 1.46. The molecule has 0 aliphatic carbocycles. The van der Waals surface area contributed by atoms with Crippen LogP contribution < -0.4 is 20.5 Å². The van der Waals surface area contributed by atoms with Crippen LogP contribution in [0.4, 0.5) is 14.5 Å². The number of aromatic amines is 1. The molecule has 0 atom stereocenters. The SMILES string of the molecule is CNC(=O)c1ccc(N2CCN(Cc3cc(OC(F)F)c4nc(C)c(=O)[nH]c4c3)CC2)cn1. The minimum absolute atomic E-state index is 0.0576. The Hall–Kier alpha value is -3.60. The van der Waals surface area contributed by atoms with E-state index in [1.807, 2.05) is 6.07 Å². The first-order chi connectivity index (χ1) is 15.8. The van der Waals surface area contributed by atoms with Crippen molar-refractivity contribution in [2.45, 2.75) is 20.1 Å². The second kappa shape index (κ2) is 9.49. The number of piperazine rings is 1. The molecule has 33 heavy (non-hydrogen) atoms. The topological polar surface area (TPSA) is 103 Å². The van der Waals surface area contributed by atoms with Crippen LogP contribution in [0.3, 0.4) is 0 Å². The van der Waals surface area contributed by atoms with E-state index in [-0.39, 0.29) is 28.4 Å². The Bertz CT molecular complexity index is 1210. The maximum absolute atomic E-state index is 12.9. The monoisotopic (exact) mass is 458 g/mol. The van der Waals surface area contributed by atoms with Gasteiger partial charge in [-0.2, -0.15) is 8.78 Å². The molecule has 11 heteroatoms. The highest BCUT2D eigenvalue weighted by atomic mass is 19.3. The first-order valence-electron chi connectivity index (χ1n) is 10.5. The largest absolute Gasteiger partial charge is 0.432 e. The molecular formula is C22H24F2N6O3. The zero-order valence-electron chi connectivity index (χ0n) is 18.3. The third kappa shape index (κ3) is 5.08. The van der Waals surface area contributed by atoms with Crippen molar-refractivity contribution in [2.75, 3.05) is 38.1 Å². The van der Waals surface area contributed by atoms with Gasteiger partial charge in [0.05, 0.1) is 17.4 Å². The number of H-pyrrole nitrogens is 1. The highest BCUT2D eigenvalue weighted by molar-refractivity contribution is 5.92. The quantitative estimate of drug-likeness (QED) is 0.582. The standard InChI is InChI=1S/C22H24F2N6O3/c1-13-20(31)28-17-9-14(10-18(19(17)27-13)33-22(23)24)12-29-5-7-30(8-6-29)15-3-4-16(26-11-15)21(32)25-2/h3-4,9-11,22H,5-8,12H2,1-2H3,(H,25,32)(H,28,31). The molecule has 3 heterocycles. The van der Waals surface area contributed by atoms with Gasteiger partial charge < -0.3 is 19.9 Å². The molecule has 1 saturated heterocycles. The highest BCUT2D eigenvalue weighted by Gasteiger charge is 2.20. The zero-order chi connectivity index (χ0) is 23.5. The normalized spacial score (nSPS) is 14.6. The number of carbonyl (C=O) groups excluding carboxylic acids is 1. The minimum atomic E-state index is -3.00. The molecule has 2 N–H and O–H groups in total. The van der Waals surface area contributed by atoms with Crippen molar-refractivity contribution in [3.8, 4) is 5.75 Å². The molecular weight excluding hydrogens is 434 g/mol. The summed E-state index contributed by atoms with van der Waals surface area (Å²) in [6.07, 6.45) is 1.68. The lowest BCUT2D eigenvalue weighted by Crippen LogP contribution is -2.46. The molecule has 1 fully saturated rings. The molecule has 0 spiro atoms. The molecule has 174 valence electrons. The van der Waals surface area contributed by atoms with Crippen molar-refractivity contribution in [1.82, 2.24) is 25.2 Å². The fraction of sp³-hybridized carbons (Fsp3) is 0.364. The maximum Gasteiger partial charge on any atom is 0.387 e. The Morgan fingerprint density at radius 2 is 2.00 bits per heavy atom. The Kier molecular flexibility index (Phi) is 6.50. The number of alkyl halides is 2. The summed E-state index contributed by atoms with van der Waals surface area (Å²) in [6.45, 7) is 1.99. The predicted molar refractivity (Wildman–Crippen MR) is 119 cm³/mol. The number of amides is 1. The number of hydrogen-bond acceptors (Lipinski definition) is 7. The van der Waals surface area contributed by atoms with Gasteiger partial charge in [-0.1, -0.05) is 0 Å². The van der Waals surface area contributed by atoms with E-state index in [0.717, 1.165) is 37.4 Å².